The van der Waals surface area contributed by atoms with Crippen LogP contribution < -0.4 is 5.73 Å². The lowest BCUT2D eigenvalue weighted by molar-refractivity contribution is 0.624. The highest BCUT2D eigenvalue weighted by molar-refractivity contribution is 5.82. The van der Waals surface area contributed by atoms with Crippen LogP contribution in [0.15, 0.2) is 77.5 Å². The number of nitrogens with zero attached hydrogens (tertiary/aromatic N) is 4. The minimum absolute atomic E-state index is 0.411. The number of hydrogen-bond acceptors (Lipinski definition) is 5. The first kappa shape index (κ1) is 14.8. The number of para-hydroxylation sites is 1. The van der Waals surface area contributed by atoms with E-state index >= 15 is 0 Å². The predicted octanol–water partition coefficient (Wildman–Crippen LogP) is 3.59. The first-order valence-corrected chi connectivity index (χ1v) is 8.30. The van der Waals surface area contributed by atoms with Gasteiger partial charge in [0.05, 0.1) is 23.6 Å². The number of hydrogen-bond donors (Lipinski definition) is 1. The number of imidazole rings is 1. The van der Waals surface area contributed by atoms with E-state index in [1.54, 1.807) is 16.9 Å². The molecule has 5 rings (SSSR count). The number of aromatic nitrogens is 4. The van der Waals surface area contributed by atoms with Gasteiger partial charge in [-0.25, -0.2) is 9.50 Å². The van der Waals surface area contributed by atoms with Gasteiger partial charge in [-0.05, 0) is 36.4 Å². The Hall–Kier alpha value is -3.51. The molecule has 4 heterocycles. The summed E-state index contributed by atoms with van der Waals surface area (Å²) in [5.41, 5.74) is 10.2. The Morgan fingerprint density at radius 2 is 1.81 bits per heavy atom. The maximum absolute atomic E-state index is 6.34. The summed E-state index contributed by atoms with van der Waals surface area (Å²) in [6.07, 6.45) is 3.49. The van der Waals surface area contributed by atoms with Gasteiger partial charge in [-0.15, -0.1) is 0 Å². The van der Waals surface area contributed by atoms with Crippen LogP contribution in [-0.2, 0) is 0 Å². The standard InChI is InChI=1S/C20H15N5O/c21-20(14-6-3-4-10-22-14)15-8-9-19-23-12-16(25(19)24-15)18-11-13-5-1-2-7-17(13)26-18/h1-12,20H,21H2. The van der Waals surface area contributed by atoms with Crippen molar-refractivity contribution in [2.24, 2.45) is 5.73 Å². The second kappa shape index (κ2) is 5.79. The molecule has 1 atom stereocenters. The molecule has 0 saturated heterocycles. The van der Waals surface area contributed by atoms with Gasteiger partial charge in [-0.3, -0.25) is 4.98 Å². The molecule has 0 fully saturated rings. The number of benzene rings is 1. The zero-order chi connectivity index (χ0) is 17.5. The van der Waals surface area contributed by atoms with Gasteiger partial charge in [-0.2, -0.15) is 5.10 Å². The van der Waals surface area contributed by atoms with Crippen LogP contribution in [0.2, 0.25) is 0 Å². The van der Waals surface area contributed by atoms with Crippen molar-refractivity contribution in [3.8, 4) is 11.5 Å². The number of pyridine rings is 1. The maximum atomic E-state index is 6.34. The van der Waals surface area contributed by atoms with Crippen LogP contribution in [0.3, 0.4) is 0 Å². The van der Waals surface area contributed by atoms with Crippen LogP contribution >= 0.6 is 0 Å². The van der Waals surface area contributed by atoms with E-state index in [1.165, 1.54) is 0 Å². The molecule has 5 aromatic rings. The van der Waals surface area contributed by atoms with Gasteiger partial charge in [0.1, 0.15) is 11.3 Å². The van der Waals surface area contributed by atoms with Crippen LogP contribution in [0.1, 0.15) is 17.4 Å². The third-order valence-electron chi connectivity index (χ3n) is 4.39. The van der Waals surface area contributed by atoms with Crippen molar-refractivity contribution in [2.75, 3.05) is 0 Å². The van der Waals surface area contributed by atoms with Crippen molar-refractivity contribution in [3.05, 3.63) is 84.4 Å². The summed E-state index contributed by atoms with van der Waals surface area (Å²) >= 11 is 0. The van der Waals surface area contributed by atoms with Crippen molar-refractivity contribution in [3.63, 3.8) is 0 Å². The molecular formula is C20H15N5O. The zero-order valence-corrected chi connectivity index (χ0v) is 13.8. The SMILES string of the molecule is NC(c1ccccn1)c1ccc2ncc(-c3cc4ccccc4o3)n2n1. The largest absolute Gasteiger partial charge is 0.454 e. The third-order valence-corrected chi connectivity index (χ3v) is 4.39. The van der Waals surface area contributed by atoms with E-state index in [0.29, 0.717) is 5.69 Å². The average Bonchev–Trinajstić information content (AvgIpc) is 3.31. The van der Waals surface area contributed by atoms with E-state index < -0.39 is 6.04 Å². The Labute approximate surface area is 148 Å². The molecule has 0 bridgehead atoms. The molecule has 0 aliphatic rings. The van der Waals surface area contributed by atoms with Crippen molar-refractivity contribution in [2.45, 2.75) is 6.04 Å². The minimum Gasteiger partial charge on any atom is -0.454 e. The first-order valence-electron chi connectivity index (χ1n) is 8.30. The molecular weight excluding hydrogens is 326 g/mol. The predicted molar refractivity (Wildman–Crippen MR) is 98.5 cm³/mol. The fourth-order valence-electron chi connectivity index (χ4n) is 3.04. The fourth-order valence-corrected chi connectivity index (χ4v) is 3.04. The topological polar surface area (TPSA) is 82.2 Å². The molecule has 1 unspecified atom stereocenters. The highest BCUT2D eigenvalue weighted by Crippen LogP contribution is 2.28. The van der Waals surface area contributed by atoms with Gasteiger partial charge in [0.25, 0.3) is 0 Å². The molecule has 1 aromatic carbocycles. The minimum atomic E-state index is -0.411. The second-order valence-electron chi connectivity index (χ2n) is 6.05. The second-order valence-corrected chi connectivity index (χ2v) is 6.05. The highest BCUT2D eigenvalue weighted by atomic mass is 16.3. The zero-order valence-electron chi connectivity index (χ0n) is 13.8. The summed E-state index contributed by atoms with van der Waals surface area (Å²) < 4.78 is 7.72. The smallest absolute Gasteiger partial charge is 0.155 e. The quantitative estimate of drug-likeness (QED) is 0.542. The van der Waals surface area contributed by atoms with Crippen LogP contribution in [0.4, 0.5) is 0 Å². The van der Waals surface area contributed by atoms with Gasteiger partial charge >= 0.3 is 0 Å². The molecule has 4 aromatic heterocycles. The van der Waals surface area contributed by atoms with Gasteiger partial charge in [0, 0.05) is 11.6 Å². The van der Waals surface area contributed by atoms with Crippen molar-refractivity contribution >= 4 is 16.6 Å². The third kappa shape index (κ3) is 2.35. The molecule has 0 aliphatic heterocycles. The summed E-state index contributed by atoms with van der Waals surface area (Å²) in [5, 5.41) is 5.73. The van der Waals surface area contributed by atoms with Crippen LogP contribution in [-0.4, -0.2) is 19.6 Å². The van der Waals surface area contributed by atoms with E-state index in [0.717, 1.165) is 33.8 Å². The molecule has 6 nitrogen and oxygen atoms in total. The number of furan rings is 1. The summed E-state index contributed by atoms with van der Waals surface area (Å²) in [4.78, 5) is 8.75. The lowest BCUT2D eigenvalue weighted by Gasteiger charge is -2.10. The molecule has 26 heavy (non-hydrogen) atoms. The van der Waals surface area contributed by atoms with Crippen LogP contribution in [0.5, 0.6) is 0 Å². The van der Waals surface area contributed by atoms with Gasteiger partial charge in [0.2, 0.25) is 0 Å². The lowest BCUT2D eigenvalue weighted by Crippen LogP contribution is -2.16. The molecule has 0 spiro atoms. The van der Waals surface area contributed by atoms with E-state index in [9.17, 15) is 0 Å². The Bertz CT molecular complexity index is 1180. The van der Waals surface area contributed by atoms with Gasteiger partial charge in [0.15, 0.2) is 11.4 Å². The van der Waals surface area contributed by atoms with Crippen molar-refractivity contribution < 1.29 is 4.42 Å². The van der Waals surface area contributed by atoms with E-state index in [1.807, 2.05) is 60.7 Å². The molecule has 126 valence electrons. The molecule has 0 aliphatic carbocycles. The fraction of sp³-hybridized carbons (Fsp3) is 0.0500. The normalized spacial score (nSPS) is 12.7. The molecule has 0 amide bonds. The van der Waals surface area contributed by atoms with Crippen LogP contribution in [0, 0.1) is 0 Å². The van der Waals surface area contributed by atoms with Gasteiger partial charge < -0.3 is 10.2 Å². The monoisotopic (exact) mass is 341 g/mol. The average molecular weight is 341 g/mol. The maximum Gasteiger partial charge on any atom is 0.155 e. The summed E-state index contributed by atoms with van der Waals surface area (Å²) in [5.74, 6) is 0.717. The first-order chi connectivity index (χ1) is 12.8. The summed E-state index contributed by atoms with van der Waals surface area (Å²) in [6.45, 7) is 0. The van der Waals surface area contributed by atoms with Crippen LogP contribution in [0.25, 0.3) is 28.1 Å². The summed E-state index contributed by atoms with van der Waals surface area (Å²) in [6, 6.07) is 18.9. The Morgan fingerprint density at radius 1 is 0.923 bits per heavy atom. The molecule has 2 N–H and O–H groups in total. The highest BCUT2D eigenvalue weighted by Gasteiger charge is 2.16. The molecule has 6 heteroatoms. The lowest BCUT2D eigenvalue weighted by atomic mass is 10.1. The number of nitrogens with two attached hydrogens (primary N) is 1. The van der Waals surface area contributed by atoms with E-state index in [4.69, 9.17) is 10.2 Å². The van der Waals surface area contributed by atoms with Crippen molar-refractivity contribution in [1.82, 2.24) is 19.6 Å². The Morgan fingerprint density at radius 3 is 2.65 bits per heavy atom. The molecule has 0 saturated carbocycles. The van der Waals surface area contributed by atoms with Gasteiger partial charge in [-0.1, -0.05) is 24.3 Å². The Kier molecular flexibility index (Phi) is 3.29. The van der Waals surface area contributed by atoms with E-state index in [-0.39, 0.29) is 0 Å². The Balaban J connectivity index is 1.63. The van der Waals surface area contributed by atoms with E-state index in [2.05, 4.69) is 15.1 Å². The molecule has 0 radical (unpaired) electrons. The number of fused-ring (bicyclic) bond motifs is 2. The van der Waals surface area contributed by atoms with Crippen molar-refractivity contribution in [1.29, 1.82) is 0 Å². The summed E-state index contributed by atoms with van der Waals surface area (Å²) in [7, 11) is 0. The number of rotatable bonds is 3.